The van der Waals surface area contributed by atoms with E-state index in [-0.39, 0.29) is 10.5 Å². The van der Waals surface area contributed by atoms with Gasteiger partial charge in [-0.3, -0.25) is 0 Å². The molecular formula is C20H22F3NO4S. The van der Waals surface area contributed by atoms with E-state index in [1.165, 1.54) is 12.1 Å². The molecule has 29 heavy (non-hydrogen) atoms. The Morgan fingerprint density at radius 2 is 1.48 bits per heavy atom. The van der Waals surface area contributed by atoms with Crippen LogP contribution in [0.4, 0.5) is 18.0 Å². The maximum atomic E-state index is 13.1. The van der Waals surface area contributed by atoms with Crippen molar-refractivity contribution in [1.29, 1.82) is 0 Å². The highest BCUT2D eigenvalue weighted by atomic mass is 32.2. The standard InChI is InChI=1S/C20H22F3NO4S/c1-13-5-11-16(12-6-13)29(26,27)17(24-18(25)28-19(2,3)4)14-7-9-15(10-8-14)20(21,22)23/h5-12,17H,1-4H3,(H,24,25). The van der Waals surface area contributed by atoms with Gasteiger partial charge in [0.2, 0.25) is 9.84 Å². The summed E-state index contributed by atoms with van der Waals surface area (Å²) in [6.45, 7) is 6.60. The smallest absolute Gasteiger partial charge is 0.416 e. The monoisotopic (exact) mass is 429 g/mol. The van der Waals surface area contributed by atoms with Crippen molar-refractivity contribution >= 4 is 15.9 Å². The second-order valence-corrected chi connectivity index (χ2v) is 9.54. The van der Waals surface area contributed by atoms with Crippen LogP contribution in [-0.2, 0) is 20.8 Å². The molecule has 1 amide bonds. The van der Waals surface area contributed by atoms with E-state index < -0.39 is 38.6 Å². The molecule has 0 aliphatic carbocycles. The summed E-state index contributed by atoms with van der Waals surface area (Å²) in [6.07, 6.45) is -5.57. The number of rotatable bonds is 4. The average molecular weight is 429 g/mol. The first-order valence-electron chi connectivity index (χ1n) is 8.67. The van der Waals surface area contributed by atoms with Crippen molar-refractivity contribution in [3.63, 3.8) is 0 Å². The highest BCUT2D eigenvalue weighted by Gasteiger charge is 2.34. The summed E-state index contributed by atoms with van der Waals surface area (Å²) < 4.78 is 69.9. The molecule has 9 heteroatoms. The van der Waals surface area contributed by atoms with Crippen LogP contribution in [0.3, 0.4) is 0 Å². The predicted octanol–water partition coefficient (Wildman–Crippen LogP) is 5.01. The van der Waals surface area contributed by atoms with E-state index in [2.05, 4.69) is 5.32 Å². The van der Waals surface area contributed by atoms with Gasteiger partial charge < -0.3 is 10.1 Å². The zero-order valence-electron chi connectivity index (χ0n) is 16.4. The molecule has 0 aromatic heterocycles. The zero-order chi connectivity index (χ0) is 22.0. The molecule has 1 N–H and O–H groups in total. The van der Waals surface area contributed by atoms with Crippen LogP contribution >= 0.6 is 0 Å². The molecular weight excluding hydrogens is 407 g/mol. The molecule has 5 nitrogen and oxygen atoms in total. The number of carbonyl (C=O) groups excluding carboxylic acids is 1. The van der Waals surface area contributed by atoms with Crippen molar-refractivity contribution in [3.8, 4) is 0 Å². The molecule has 0 saturated heterocycles. The van der Waals surface area contributed by atoms with Crippen LogP contribution in [0.25, 0.3) is 0 Å². The van der Waals surface area contributed by atoms with Crippen molar-refractivity contribution in [2.45, 2.75) is 49.7 Å². The Balaban J connectivity index is 2.48. The number of halogens is 3. The van der Waals surface area contributed by atoms with Gasteiger partial charge >= 0.3 is 12.3 Å². The second kappa shape index (κ2) is 8.06. The van der Waals surface area contributed by atoms with Gasteiger partial charge in [0.05, 0.1) is 10.5 Å². The molecule has 0 fully saturated rings. The van der Waals surface area contributed by atoms with E-state index in [0.29, 0.717) is 0 Å². The normalized spacial score (nSPS) is 13.6. The molecule has 2 rings (SSSR count). The minimum atomic E-state index is -4.57. The Bertz CT molecular complexity index is 961. The molecule has 0 aliphatic rings. The summed E-state index contributed by atoms with van der Waals surface area (Å²) in [5, 5.41) is 0.648. The molecule has 0 radical (unpaired) electrons. The Morgan fingerprint density at radius 3 is 1.93 bits per heavy atom. The number of sulfone groups is 1. The van der Waals surface area contributed by atoms with Crippen LogP contribution in [0, 0.1) is 6.92 Å². The lowest BCUT2D eigenvalue weighted by atomic mass is 10.1. The molecule has 2 aromatic rings. The van der Waals surface area contributed by atoms with Gasteiger partial charge in [-0.25, -0.2) is 13.2 Å². The van der Waals surface area contributed by atoms with Gasteiger partial charge in [0.1, 0.15) is 5.60 Å². The highest BCUT2D eigenvalue weighted by molar-refractivity contribution is 7.91. The van der Waals surface area contributed by atoms with Crippen molar-refractivity contribution in [2.75, 3.05) is 0 Å². The fourth-order valence-electron chi connectivity index (χ4n) is 2.47. The molecule has 0 bridgehead atoms. The minimum absolute atomic E-state index is 0.0237. The summed E-state index contributed by atoms with van der Waals surface area (Å²) in [7, 11) is -4.16. The summed E-state index contributed by atoms with van der Waals surface area (Å²) >= 11 is 0. The largest absolute Gasteiger partial charge is 0.444 e. The number of nitrogens with one attached hydrogen (secondary N) is 1. The van der Waals surface area contributed by atoms with Crippen LogP contribution in [0.5, 0.6) is 0 Å². The first-order chi connectivity index (χ1) is 13.2. The maximum Gasteiger partial charge on any atom is 0.416 e. The zero-order valence-corrected chi connectivity index (χ0v) is 17.2. The Morgan fingerprint density at radius 1 is 0.966 bits per heavy atom. The van der Waals surface area contributed by atoms with Gasteiger partial charge in [-0.05, 0) is 57.5 Å². The molecule has 158 valence electrons. The first kappa shape index (κ1) is 22.7. The maximum absolute atomic E-state index is 13.1. The SMILES string of the molecule is Cc1ccc(S(=O)(=O)C(NC(=O)OC(C)(C)C)c2ccc(C(F)(F)F)cc2)cc1. The first-order valence-corrected chi connectivity index (χ1v) is 10.2. The Kier molecular flexibility index (Phi) is 6.32. The summed E-state index contributed by atoms with van der Waals surface area (Å²) in [5.74, 6) is 0. The number of hydrogen-bond acceptors (Lipinski definition) is 4. The van der Waals surface area contributed by atoms with E-state index in [4.69, 9.17) is 4.74 Å². The van der Waals surface area contributed by atoms with Crippen LogP contribution in [0.1, 0.15) is 42.8 Å². The predicted molar refractivity (Wildman–Crippen MR) is 102 cm³/mol. The molecule has 1 unspecified atom stereocenters. The molecule has 1 atom stereocenters. The van der Waals surface area contributed by atoms with Gasteiger partial charge in [-0.15, -0.1) is 0 Å². The van der Waals surface area contributed by atoms with Gasteiger partial charge in [0.15, 0.2) is 5.37 Å². The number of carbonyl (C=O) groups is 1. The quantitative estimate of drug-likeness (QED) is 0.742. The van der Waals surface area contributed by atoms with Crippen LogP contribution in [0.2, 0.25) is 0 Å². The number of amides is 1. The van der Waals surface area contributed by atoms with E-state index in [9.17, 15) is 26.4 Å². The van der Waals surface area contributed by atoms with Gasteiger partial charge in [-0.2, -0.15) is 13.2 Å². The molecule has 0 heterocycles. The summed E-state index contributed by atoms with van der Waals surface area (Å²) in [6, 6.07) is 9.51. The molecule has 2 aromatic carbocycles. The lowest BCUT2D eigenvalue weighted by Gasteiger charge is -2.24. The fourth-order valence-corrected chi connectivity index (χ4v) is 4.02. The van der Waals surface area contributed by atoms with Crippen molar-refractivity contribution in [2.24, 2.45) is 0 Å². The topological polar surface area (TPSA) is 72.5 Å². The lowest BCUT2D eigenvalue weighted by molar-refractivity contribution is -0.137. The van der Waals surface area contributed by atoms with Crippen LogP contribution < -0.4 is 5.32 Å². The number of benzene rings is 2. The highest BCUT2D eigenvalue weighted by Crippen LogP contribution is 2.32. The Labute approximate surface area is 167 Å². The van der Waals surface area contributed by atoms with Crippen LogP contribution in [-0.4, -0.2) is 20.1 Å². The van der Waals surface area contributed by atoms with Gasteiger partial charge in [0, 0.05) is 0 Å². The van der Waals surface area contributed by atoms with Crippen molar-refractivity contribution in [3.05, 3.63) is 65.2 Å². The number of ether oxygens (including phenoxy) is 1. The molecule has 0 aliphatic heterocycles. The van der Waals surface area contributed by atoms with Crippen molar-refractivity contribution in [1.82, 2.24) is 5.32 Å². The molecule has 0 spiro atoms. The third kappa shape index (κ3) is 5.96. The third-order valence-electron chi connectivity index (χ3n) is 3.85. The second-order valence-electron chi connectivity index (χ2n) is 7.50. The fraction of sp³-hybridized carbons (Fsp3) is 0.350. The number of alkyl halides is 3. The lowest BCUT2D eigenvalue weighted by Crippen LogP contribution is -2.38. The number of hydrogen-bond donors (Lipinski definition) is 1. The van der Waals surface area contributed by atoms with Gasteiger partial charge in [-0.1, -0.05) is 29.8 Å². The summed E-state index contributed by atoms with van der Waals surface area (Å²) in [5.41, 5.74) is -1.01. The van der Waals surface area contributed by atoms with Crippen LogP contribution in [0.15, 0.2) is 53.4 Å². The van der Waals surface area contributed by atoms with Crippen molar-refractivity contribution < 1.29 is 31.1 Å². The number of aryl methyl sites for hydroxylation is 1. The van der Waals surface area contributed by atoms with E-state index in [0.717, 1.165) is 29.8 Å². The van der Waals surface area contributed by atoms with E-state index in [1.807, 2.05) is 0 Å². The third-order valence-corrected chi connectivity index (χ3v) is 5.79. The van der Waals surface area contributed by atoms with E-state index >= 15 is 0 Å². The van der Waals surface area contributed by atoms with E-state index in [1.54, 1.807) is 39.8 Å². The summed E-state index contributed by atoms with van der Waals surface area (Å²) in [4.78, 5) is 12.1. The Hall–Kier alpha value is -2.55. The average Bonchev–Trinajstić information content (AvgIpc) is 2.58. The number of alkyl carbamates (subject to hydrolysis) is 1. The molecule has 0 saturated carbocycles. The minimum Gasteiger partial charge on any atom is -0.444 e. The van der Waals surface area contributed by atoms with Gasteiger partial charge in [0.25, 0.3) is 0 Å².